The zero-order valence-corrected chi connectivity index (χ0v) is 14.6. The lowest BCUT2D eigenvalue weighted by atomic mass is 10.1. The summed E-state index contributed by atoms with van der Waals surface area (Å²) in [5.74, 6) is 0.838. The van der Waals surface area contributed by atoms with Gasteiger partial charge in [-0.25, -0.2) is 0 Å². The zero-order chi connectivity index (χ0) is 16.4. The molecule has 5 nitrogen and oxygen atoms in total. The van der Waals surface area contributed by atoms with Gasteiger partial charge in [-0.3, -0.25) is 4.79 Å². The number of hydrogen-bond donors (Lipinski definition) is 2. The summed E-state index contributed by atoms with van der Waals surface area (Å²) in [4.78, 5) is 13.7. The Morgan fingerprint density at radius 2 is 2.09 bits per heavy atom. The Balaban J connectivity index is 1.93. The average Bonchev–Trinajstić information content (AvgIpc) is 2.57. The highest BCUT2D eigenvalue weighted by Gasteiger charge is 2.24. The number of anilines is 3. The molecule has 2 aromatic carbocycles. The van der Waals surface area contributed by atoms with Crippen molar-refractivity contribution in [2.75, 3.05) is 36.2 Å². The molecule has 0 bridgehead atoms. The lowest BCUT2D eigenvalue weighted by molar-refractivity contribution is -0.116. The van der Waals surface area contributed by atoms with Crippen LogP contribution in [-0.4, -0.2) is 26.6 Å². The van der Waals surface area contributed by atoms with Crippen molar-refractivity contribution in [3.05, 3.63) is 46.4 Å². The summed E-state index contributed by atoms with van der Waals surface area (Å²) in [6, 6.07) is 11.7. The molecular weight excluding hydrogens is 358 g/mol. The van der Waals surface area contributed by atoms with Crippen molar-refractivity contribution in [2.24, 2.45) is 0 Å². The maximum Gasteiger partial charge on any atom is 0.246 e. The van der Waals surface area contributed by atoms with Crippen molar-refractivity contribution in [3.63, 3.8) is 0 Å². The van der Waals surface area contributed by atoms with Gasteiger partial charge in [-0.2, -0.15) is 0 Å². The second-order valence-corrected chi connectivity index (χ2v) is 6.14. The van der Waals surface area contributed by atoms with E-state index in [1.165, 1.54) is 0 Å². The van der Waals surface area contributed by atoms with Crippen LogP contribution in [-0.2, 0) is 11.3 Å². The van der Waals surface area contributed by atoms with E-state index in [-0.39, 0.29) is 5.91 Å². The first-order valence-electron chi connectivity index (χ1n) is 7.30. The Kier molecular flexibility index (Phi) is 4.43. The van der Waals surface area contributed by atoms with Crippen molar-refractivity contribution in [3.8, 4) is 5.75 Å². The fourth-order valence-corrected chi connectivity index (χ4v) is 3.15. The van der Waals surface area contributed by atoms with Gasteiger partial charge in [0.1, 0.15) is 5.75 Å². The standard InChI is InChI=1S/C17H18BrN3O2/c1-21-16(22)10-20-14-8-7-12(18)11(17(14)21)9-19-13-5-3-4-6-15(13)23-2/h3-8,19-20H,9-10H2,1-2H3. The van der Waals surface area contributed by atoms with Gasteiger partial charge in [-0.05, 0) is 24.3 Å². The molecule has 2 aromatic rings. The van der Waals surface area contributed by atoms with E-state index in [1.54, 1.807) is 19.1 Å². The molecule has 0 saturated heterocycles. The van der Waals surface area contributed by atoms with E-state index in [9.17, 15) is 4.79 Å². The maximum absolute atomic E-state index is 12.0. The maximum atomic E-state index is 12.0. The van der Waals surface area contributed by atoms with Crippen LogP contribution < -0.4 is 20.3 Å². The number of benzene rings is 2. The van der Waals surface area contributed by atoms with Gasteiger partial charge in [0.25, 0.3) is 0 Å². The molecule has 0 atom stereocenters. The first-order valence-corrected chi connectivity index (χ1v) is 8.10. The minimum Gasteiger partial charge on any atom is -0.495 e. The van der Waals surface area contributed by atoms with Crippen LogP contribution in [0.1, 0.15) is 5.56 Å². The Labute approximate surface area is 143 Å². The van der Waals surface area contributed by atoms with E-state index in [1.807, 2.05) is 36.4 Å². The highest BCUT2D eigenvalue weighted by Crippen LogP contribution is 2.37. The summed E-state index contributed by atoms with van der Waals surface area (Å²) >= 11 is 3.59. The number of nitrogens with zero attached hydrogens (tertiary/aromatic N) is 1. The van der Waals surface area contributed by atoms with Gasteiger partial charge in [0.15, 0.2) is 0 Å². The van der Waals surface area contributed by atoms with Crippen LogP contribution in [0.15, 0.2) is 40.9 Å². The second kappa shape index (κ2) is 6.50. The van der Waals surface area contributed by atoms with E-state index in [4.69, 9.17) is 4.74 Å². The summed E-state index contributed by atoms with van der Waals surface area (Å²) in [6.45, 7) is 0.897. The van der Waals surface area contributed by atoms with Crippen LogP contribution in [0.2, 0.25) is 0 Å². The first-order chi connectivity index (χ1) is 11.1. The summed E-state index contributed by atoms with van der Waals surface area (Å²) in [5.41, 5.74) is 3.80. The van der Waals surface area contributed by atoms with Crippen LogP contribution in [0.4, 0.5) is 17.1 Å². The van der Waals surface area contributed by atoms with Crippen molar-refractivity contribution in [2.45, 2.75) is 6.54 Å². The van der Waals surface area contributed by atoms with Crippen molar-refractivity contribution in [1.29, 1.82) is 0 Å². The fraction of sp³-hybridized carbons (Fsp3) is 0.235. The molecule has 0 aliphatic carbocycles. The quantitative estimate of drug-likeness (QED) is 0.858. The third kappa shape index (κ3) is 2.99. The van der Waals surface area contributed by atoms with Gasteiger partial charge in [0.2, 0.25) is 5.91 Å². The number of para-hydroxylation sites is 2. The Morgan fingerprint density at radius 1 is 1.30 bits per heavy atom. The number of methoxy groups -OCH3 is 1. The predicted octanol–water partition coefficient (Wildman–Crippen LogP) is 3.46. The lowest BCUT2D eigenvalue weighted by Gasteiger charge is -2.30. The molecule has 6 heteroatoms. The van der Waals surface area contributed by atoms with Crippen LogP contribution >= 0.6 is 15.9 Å². The molecule has 3 rings (SSSR count). The number of fused-ring (bicyclic) bond motifs is 1. The summed E-state index contributed by atoms with van der Waals surface area (Å²) in [6.07, 6.45) is 0. The molecule has 1 heterocycles. The lowest BCUT2D eigenvalue weighted by Crippen LogP contribution is -2.37. The van der Waals surface area contributed by atoms with Gasteiger partial charge in [-0.1, -0.05) is 28.1 Å². The monoisotopic (exact) mass is 375 g/mol. The highest BCUT2D eigenvalue weighted by molar-refractivity contribution is 9.10. The number of amides is 1. The van der Waals surface area contributed by atoms with Gasteiger partial charge in [0, 0.05) is 23.6 Å². The normalized spacial score (nSPS) is 13.3. The zero-order valence-electron chi connectivity index (χ0n) is 13.0. The number of rotatable bonds is 4. The van der Waals surface area contributed by atoms with Crippen molar-refractivity contribution in [1.82, 2.24) is 0 Å². The largest absolute Gasteiger partial charge is 0.495 e. The Bertz CT molecular complexity index is 749. The van der Waals surface area contributed by atoms with Gasteiger partial charge >= 0.3 is 0 Å². The van der Waals surface area contributed by atoms with Crippen molar-refractivity contribution >= 4 is 38.9 Å². The SMILES string of the molecule is COc1ccccc1NCc1c(Br)ccc2c1N(C)C(=O)CN2. The molecule has 0 unspecified atom stereocenters. The molecular formula is C17H18BrN3O2. The van der Waals surface area contributed by atoms with Crippen LogP contribution in [0, 0.1) is 0 Å². The van der Waals surface area contributed by atoms with Crippen LogP contribution in [0.3, 0.4) is 0 Å². The average molecular weight is 376 g/mol. The third-order valence-corrected chi connectivity index (χ3v) is 4.67. The number of halogens is 1. The minimum atomic E-state index is 0.0501. The molecule has 0 aromatic heterocycles. The fourth-order valence-electron chi connectivity index (χ4n) is 2.69. The van der Waals surface area contributed by atoms with E-state index in [0.29, 0.717) is 13.1 Å². The molecule has 23 heavy (non-hydrogen) atoms. The Morgan fingerprint density at radius 3 is 2.87 bits per heavy atom. The number of hydrogen-bond acceptors (Lipinski definition) is 4. The van der Waals surface area contributed by atoms with Gasteiger partial charge < -0.3 is 20.3 Å². The molecule has 0 saturated carbocycles. The summed E-state index contributed by atoms with van der Waals surface area (Å²) in [5, 5.41) is 6.55. The minimum absolute atomic E-state index is 0.0501. The topological polar surface area (TPSA) is 53.6 Å². The molecule has 1 aliphatic heterocycles. The number of ether oxygens (including phenoxy) is 1. The number of carbonyl (C=O) groups is 1. The number of carbonyl (C=O) groups excluding carboxylic acids is 1. The highest BCUT2D eigenvalue weighted by atomic mass is 79.9. The van der Waals surface area contributed by atoms with Gasteiger partial charge in [0.05, 0.1) is 30.7 Å². The molecule has 120 valence electrons. The van der Waals surface area contributed by atoms with Crippen LogP contribution in [0.5, 0.6) is 5.75 Å². The molecule has 0 radical (unpaired) electrons. The molecule has 0 spiro atoms. The molecule has 1 aliphatic rings. The van der Waals surface area contributed by atoms with E-state index >= 15 is 0 Å². The van der Waals surface area contributed by atoms with Crippen LogP contribution in [0.25, 0.3) is 0 Å². The van der Waals surface area contributed by atoms with E-state index in [0.717, 1.165) is 32.8 Å². The van der Waals surface area contributed by atoms with Crippen molar-refractivity contribution < 1.29 is 9.53 Å². The third-order valence-electron chi connectivity index (χ3n) is 3.93. The molecule has 1 amide bonds. The Hall–Kier alpha value is -2.21. The summed E-state index contributed by atoms with van der Waals surface area (Å²) in [7, 11) is 3.46. The van der Waals surface area contributed by atoms with E-state index in [2.05, 4.69) is 26.6 Å². The smallest absolute Gasteiger partial charge is 0.246 e. The molecule has 0 fully saturated rings. The number of nitrogens with one attached hydrogen (secondary N) is 2. The molecule has 2 N–H and O–H groups in total. The first kappa shape index (κ1) is 15.7. The predicted molar refractivity (Wildman–Crippen MR) is 96.4 cm³/mol. The second-order valence-electron chi connectivity index (χ2n) is 5.28. The summed E-state index contributed by atoms with van der Waals surface area (Å²) < 4.78 is 6.32. The number of likely N-dealkylation sites (N-methyl/N-ethyl adjacent to an activating group) is 1. The van der Waals surface area contributed by atoms with E-state index < -0.39 is 0 Å². The van der Waals surface area contributed by atoms with Gasteiger partial charge in [-0.15, -0.1) is 0 Å².